The van der Waals surface area contributed by atoms with Gasteiger partial charge in [0.1, 0.15) is 11.6 Å². The quantitative estimate of drug-likeness (QED) is 0.864. The van der Waals surface area contributed by atoms with Gasteiger partial charge in [-0.1, -0.05) is 23.7 Å². The lowest BCUT2D eigenvalue weighted by atomic mass is 10.1. The first kappa shape index (κ1) is 12.7. The van der Waals surface area contributed by atoms with E-state index in [-0.39, 0.29) is 17.6 Å². The average molecular weight is 266 g/mol. The second-order valence-electron chi connectivity index (χ2n) is 4.09. The molecular weight excluding hydrogens is 253 g/mol. The fourth-order valence-corrected chi connectivity index (χ4v) is 1.89. The molecule has 0 fully saturated rings. The Bertz CT molecular complexity index is 559. The van der Waals surface area contributed by atoms with Crippen molar-refractivity contribution >= 4 is 17.3 Å². The van der Waals surface area contributed by atoms with Crippen molar-refractivity contribution < 1.29 is 9.50 Å². The predicted molar refractivity (Wildman–Crippen MR) is 71.6 cm³/mol. The van der Waals surface area contributed by atoms with Crippen LogP contribution in [0.25, 0.3) is 0 Å². The number of halogens is 2. The zero-order valence-corrected chi connectivity index (χ0v) is 10.6. The summed E-state index contributed by atoms with van der Waals surface area (Å²) in [6, 6.07) is 11.0. The molecular formula is C14H13ClFNO. The van der Waals surface area contributed by atoms with Gasteiger partial charge in [0.2, 0.25) is 0 Å². The Hall–Kier alpha value is -1.74. The van der Waals surface area contributed by atoms with Crippen molar-refractivity contribution in [3.63, 3.8) is 0 Å². The van der Waals surface area contributed by atoms with E-state index in [1.807, 2.05) is 13.0 Å². The molecule has 2 aromatic rings. The summed E-state index contributed by atoms with van der Waals surface area (Å²) in [6.07, 6.45) is 0. The standard InChI is InChI=1S/C14H13ClFNO/c1-9(10-3-2-4-12(18)7-10)17-14-8-11(16)5-6-13(14)15/h2-9,17-18H,1H3. The maximum atomic E-state index is 13.1. The van der Waals surface area contributed by atoms with Crippen LogP contribution in [0.1, 0.15) is 18.5 Å². The smallest absolute Gasteiger partial charge is 0.125 e. The number of hydrogen-bond donors (Lipinski definition) is 2. The molecule has 0 aromatic heterocycles. The van der Waals surface area contributed by atoms with E-state index >= 15 is 0 Å². The second kappa shape index (κ2) is 5.27. The maximum Gasteiger partial charge on any atom is 0.125 e. The molecule has 0 aliphatic carbocycles. The summed E-state index contributed by atoms with van der Waals surface area (Å²) in [7, 11) is 0. The van der Waals surface area contributed by atoms with Crippen molar-refractivity contribution in [3.8, 4) is 5.75 Å². The monoisotopic (exact) mass is 265 g/mol. The molecule has 0 spiro atoms. The summed E-state index contributed by atoms with van der Waals surface area (Å²) in [4.78, 5) is 0. The first-order chi connectivity index (χ1) is 8.56. The largest absolute Gasteiger partial charge is 0.508 e. The lowest BCUT2D eigenvalue weighted by Crippen LogP contribution is -2.07. The van der Waals surface area contributed by atoms with E-state index in [1.165, 1.54) is 18.2 Å². The zero-order valence-electron chi connectivity index (χ0n) is 9.82. The minimum atomic E-state index is -0.343. The van der Waals surface area contributed by atoms with Crippen molar-refractivity contribution in [2.75, 3.05) is 5.32 Å². The van der Waals surface area contributed by atoms with Crippen molar-refractivity contribution in [2.24, 2.45) is 0 Å². The lowest BCUT2D eigenvalue weighted by molar-refractivity contribution is 0.474. The molecule has 0 saturated carbocycles. The molecule has 94 valence electrons. The van der Waals surface area contributed by atoms with Crippen LogP contribution < -0.4 is 5.32 Å². The van der Waals surface area contributed by atoms with E-state index in [0.29, 0.717) is 10.7 Å². The number of phenols is 1. The minimum Gasteiger partial charge on any atom is -0.508 e. The third-order valence-corrected chi connectivity index (χ3v) is 3.00. The normalized spacial score (nSPS) is 12.2. The van der Waals surface area contributed by atoms with E-state index < -0.39 is 0 Å². The molecule has 0 radical (unpaired) electrons. The van der Waals surface area contributed by atoms with E-state index in [4.69, 9.17) is 11.6 Å². The van der Waals surface area contributed by atoms with Crippen LogP contribution in [0.5, 0.6) is 5.75 Å². The molecule has 0 aliphatic heterocycles. The number of nitrogens with one attached hydrogen (secondary N) is 1. The summed E-state index contributed by atoms with van der Waals surface area (Å²) in [6.45, 7) is 1.91. The molecule has 2 N–H and O–H groups in total. The summed E-state index contributed by atoms with van der Waals surface area (Å²) in [5.41, 5.74) is 1.43. The number of rotatable bonds is 3. The molecule has 2 rings (SSSR count). The van der Waals surface area contributed by atoms with Crippen LogP contribution in [0.15, 0.2) is 42.5 Å². The highest BCUT2D eigenvalue weighted by Crippen LogP contribution is 2.27. The van der Waals surface area contributed by atoms with E-state index in [2.05, 4.69) is 5.32 Å². The van der Waals surface area contributed by atoms with Crippen LogP contribution in [-0.2, 0) is 0 Å². The topological polar surface area (TPSA) is 32.3 Å². The van der Waals surface area contributed by atoms with Gasteiger partial charge < -0.3 is 10.4 Å². The summed E-state index contributed by atoms with van der Waals surface area (Å²) < 4.78 is 13.1. The van der Waals surface area contributed by atoms with Crippen LogP contribution in [0.3, 0.4) is 0 Å². The molecule has 0 amide bonds. The molecule has 1 atom stereocenters. The Morgan fingerprint density at radius 1 is 1.22 bits per heavy atom. The van der Waals surface area contributed by atoms with Crippen molar-refractivity contribution in [3.05, 3.63) is 58.9 Å². The average Bonchev–Trinajstić information content (AvgIpc) is 2.34. The molecule has 2 aromatic carbocycles. The molecule has 0 aliphatic rings. The molecule has 0 bridgehead atoms. The molecule has 0 saturated heterocycles. The third-order valence-electron chi connectivity index (χ3n) is 2.67. The van der Waals surface area contributed by atoms with Gasteiger partial charge in [-0.3, -0.25) is 0 Å². The SMILES string of the molecule is CC(Nc1cc(F)ccc1Cl)c1cccc(O)c1. The number of benzene rings is 2. The Kier molecular flexibility index (Phi) is 3.72. The summed E-state index contributed by atoms with van der Waals surface area (Å²) in [5, 5.41) is 13.0. The van der Waals surface area contributed by atoms with Gasteiger partial charge in [0.25, 0.3) is 0 Å². The number of anilines is 1. The zero-order chi connectivity index (χ0) is 13.1. The first-order valence-corrected chi connectivity index (χ1v) is 5.94. The maximum absolute atomic E-state index is 13.1. The fourth-order valence-electron chi connectivity index (χ4n) is 1.72. The molecule has 0 heterocycles. The van der Waals surface area contributed by atoms with Gasteiger partial charge in [-0.15, -0.1) is 0 Å². The van der Waals surface area contributed by atoms with Gasteiger partial charge >= 0.3 is 0 Å². The fraction of sp³-hybridized carbons (Fsp3) is 0.143. The summed E-state index contributed by atoms with van der Waals surface area (Å²) >= 11 is 5.98. The molecule has 1 unspecified atom stereocenters. The lowest BCUT2D eigenvalue weighted by Gasteiger charge is -2.17. The highest BCUT2D eigenvalue weighted by atomic mass is 35.5. The van der Waals surface area contributed by atoms with Crippen LogP contribution in [0.4, 0.5) is 10.1 Å². The van der Waals surface area contributed by atoms with Gasteiger partial charge in [-0.05, 0) is 42.8 Å². The molecule has 18 heavy (non-hydrogen) atoms. The van der Waals surface area contributed by atoms with Crippen molar-refractivity contribution in [1.82, 2.24) is 0 Å². The van der Waals surface area contributed by atoms with Crippen LogP contribution in [-0.4, -0.2) is 5.11 Å². The number of aromatic hydroxyl groups is 1. The Balaban J connectivity index is 2.21. The van der Waals surface area contributed by atoms with Gasteiger partial charge in [0.15, 0.2) is 0 Å². The Labute approximate surface area is 110 Å². The molecule has 4 heteroatoms. The van der Waals surface area contributed by atoms with E-state index in [0.717, 1.165) is 5.56 Å². The van der Waals surface area contributed by atoms with E-state index in [1.54, 1.807) is 18.2 Å². The number of hydrogen-bond acceptors (Lipinski definition) is 2. The third kappa shape index (κ3) is 2.93. The van der Waals surface area contributed by atoms with Gasteiger partial charge in [0.05, 0.1) is 10.7 Å². The minimum absolute atomic E-state index is 0.0867. The number of phenolic OH excluding ortho intramolecular Hbond substituents is 1. The first-order valence-electron chi connectivity index (χ1n) is 5.57. The Morgan fingerprint density at radius 2 is 2.00 bits per heavy atom. The highest BCUT2D eigenvalue weighted by molar-refractivity contribution is 6.33. The van der Waals surface area contributed by atoms with Gasteiger partial charge in [-0.2, -0.15) is 0 Å². The Morgan fingerprint density at radius 3 is 2.72 bits per heavy atom. The van der Waals surface area contributed by atoms with Gasteiger partial charge in [0, 0.05) is 6.04 Å². The van der Waals surface area contributed by atoms with Crippen LogP contribution >= 0.6 is 11.6 Å². The second-order valence-corrected chi connectivity index (χ2v) is 4.49. The van der Waals surface area contributed by atoms with Crippen LogP contribution in [0.2, 0.25) is 5.02 Å². The van der Waals surface area contributed by atoms with Crippen molar-refractivity contribution in [2.45, 2.75) is 13.0 Å². The van der Waals surface area contributed by atoms with Crippen molar-refractivity contribution in [1.29, 1.82) is 0 Å². The van der Waals surface area contributed by atoms with Crippen LogP contribution in [0, 0.1) is 5.82 Å². The van der Waals surface area contributed by atoms with E-state index in [9.17, 15) is 9.50 Å². The predicted octanol–water partition coefficient (Wildman–Crippen LogP) is 4.36. The van der Waals surface area contributed by atoms with Gasteiger partial charge in [-0.25, -0.2) is 4.39 Å². The summed E-state index contributed by atoms with van der Waals surface area (Å²) in [5.74, 6) is -0.142. The molecule has 2 nitrogen and oxygen atoms in total. The highest BCUT2D eigenvalue weighted by Gasteiger charge is 2.09.